The van der Waals surface area contributed by atoms with Gasteiger partial charge >= 0.3 is 0 Å². The van der Waals surface area contributed by atoms with E-state index in [1.165, 1.54) is 23.1 Å². The van der Waals surface area contributed by atoms with Crippen molar-refractivity contribution in [2.45, 2.75) is 30.7 Å². The van der Waals surface area contributed by atoms with Crippen LogP contribution in [0.5, 0.6) is 0 Å². The summed E-state index contributed by atoms with van der Waals surface area (Å²) in [6, 6.07) is 9.49. The predicted molar refractivity (Wildman–Crippen MR) is 93.0 cm³/mol. The molecule has 0 unspecified atom stereocenters. The molecule has 3 aromatic rings. The quantitative estimate of drug-likeness (QED) is 0.673. The second kappa shape index (κ2) is 7.54. The minimum atomic E-state index is -0.400. The lowest BCUT2D eigenvalue weighted by atomic mass is 10.2. The third kappa shape index (κ3) is 3.98. The van der Waals surface area contributed by atoms with Crippen LogP contribution < -0.4 is 5.32 Å². The summed E-state index contributed by atoms with van der Waals surface area (Å²) in [4.78, 5) is 12.2. The van der Waals surface area contributed by atoms with E-state index in [4.69, 9.17) is 4.42 Å². The molecule has 0 bridgehead atoms. The van der Waals surface area contributed by atoms with Crippen molar-refractivity contribution in [1.29, 1.82) is 0 Å². The maximum absolute atomic E-state index is 12.2. The zero-order valence-corrected chi connectivity index (χ0v) is 14.7. The van der Waals surface area contributed by atoms with Gasteiger partial charge in [-0.1, -0.05) is 48.2 Å². The molecule has 0 spiro atoms. The number of nitrogens with zero attached hydrogens (tertiary/aromatic N) is 4. The van der Waals surface area contributed by atoms with Crippen molar-refractivity contribution in [1.82, 2.24) is 20.4 Å². The lowest BCUT2D eigenvalue weighted by molar-refractivity contribution is -0.115. The lowest BCUT2D eigenvalue weighted by Gasteiger charge is -2.06. The summed E-state index contributed by atoms with van der Waals surface area (Å²) in [5.74, 6) is 0.251. The molecule has 9 heteroatoms. The van der Waals surface area contributed by atoms with Gasteiger partial charge in [-0.25, -0.2) is 0 Å². The Balaban J connectivity index is 1.61. The molecule has 1 atom stereocenters. The largest absolute Gasteiger partial charge is 0.411 e. The summed E-state index contributed by atoms with van der Waals surface area (Å²) in [6.07, 6.45) is 0.794. The predicted octanol–water partition coefficient (Wildman–Crippen LogP) is 3.27. The molecule has 2 aromatic heterocycles. The van der Waals surface area contributed by atoms with Crippen LogP contribution in [0.25, 0.3) is 11.5 Å². The van der Waals surface area contributed by atoms with Crippen molar-refractivity contribution in [3.8, 4) is 11.5 Å². The summed E-state index contributed by atoms with van der Waals surface area (Å²) in [7, 11) is 0. The zero-order valence-electron chi connectivity index (χ0n) is 13.1. The number of rotatable bonds is 6. The van der Waals surface area contributed by atoms with Crippen LogP contribution >= 0.6 is 23.1 Å². The summed E-state index contributed by atoms with van der Waals surface area (Å²) in [6.45, 7) is 3.76. The number of hydrogen-bond donors (Lipinski definition) is 1. The highest BCUT2D eigenvalue weighted by atomic mass is 32.2. The van der Waals surface area contributed by atoms with Crippen molar-refractivity contribution in [3.63, 3.8) is 0 Å². The first-order chi connectivity index (χ1) is 11.7. The highest BCUT2D eigenvalue weighted by Gasteiger charge is 2.20. The van der Waals surface area contributed by atoms with Gasteiger partial charge in [0.25, 0.3) is 5.22 Å². The summed E-state index contributed by atoms with van der Waals surface area (Å²) in [5.41, 5.74) is 0.843. The number of carbonyl (C=O) groups excluding carboxylic acids is 1. The molecular formula is C15H15N5O2S2. The van der Waals surface area contributed by atoms with Crippen LogP contribution in [0.2, 0.25) is 0 Å². The number of hydrogen-bond acceptors (Lipinski definition) is 8. The molecule has 7 nitrogen and oxygen atoms in total. The first-order valence-corrected chi connectivity index (χ1v) is 9.04. The van der Waals surface area contributed by atoms with E-state index in [1.807, 2.05) is 37.3 Å². The maximum atomic E-state index is 12.2. The maximum Gasteiger partial charge on any atom is 0.277 e. The molecule has 3 rings (SSSR count). The monoisotopic (exact) mass is 361 g/mol. The Hall–Kier alpha value is -2.26. The van der Waals surface area contributed by atoms with Gasteiger partial charge in [-0.05, 0) is 25.5 Å². The second-order valence-electron chi connectivity index (χ2n) is 4.84. The van der Waals surface area contributed by atoms with Crippen LogP contribution in [0, 0.1) is 0 Å². The number of benzene rings is 1. The van der Waals surface area contributed by atoms with Gasteiger partial charge in [-0.15, -0.1) is 20.4 Å². The minimum Gasteiger partial charge on any atom is -0.411 e. The van der Waals surface area contributed by atoms with Gasteiger partial charge < -0.3 is 4.42 Å². The van der Waals surface area contributed by atoms with E-state index < -0.39 is 5.25 Å². The average molecular weight is 361 g/mol. The van der Waals surface area contributed by atoms with Crippen LogP contribution in [0.1, 0.15) is 18.9 Å². The second-order valence-corrected chi connectivity index (χ2v) is 7.20. The molecular weight excluding hydrogens is 346 g/mol. The fraction of sp³-hybridized carbons (Fsp3) is 0.267. The fourth-order valence-corrected chi connectivity index (χ4v) is 3.18. The molecule has 124 valence electrons. The first kappa shape index (κ1) is 16.6. The third-order valence-corrected chi connectivity index (χ3v) is 4.99. The fourth-order valence-electron chi connectivity index (χ4n) is 1.81. The lowest BCUT2D eigenvalue weighted by Crippen LogP contribution is -2.22. The molecule has 1 amide bonds. The molecule has 0 saturated carbocycles. The Labute approximate surface area is 146 Å². The Bertz CT molecular complexity index is 818. The third-order valence-electron chi connectivity index (χ3n) is 3.07. The molecule has 0 aliphatic rings. The zero-order chi connectivity index (χ0) is 16.9. The van der Waals surface area contributed by atoms with Crippen LogP contribution in [-0.4, -0.2) is 31.6 Å². The number of aryl methyl sites for hydroxylation is 1. The molecule has 1 N–H and O–H groups in total. The van der Waals surface area contributed by atoms with Gasteiger partial charge in [-0.2, -0.15) is 0 Å². The SMILES string of the molecule is CCc1nnc(NC(=O)[C@H](C)Sc2nnc(-c3ccccc3)o2)s1. The van der Waals surface area contributed by atoms with E-state index in [0.717, 1.165) is 17.0 Å². The molecule has 0 aliphatic heterocycles. The minimum absolute atomic E-state index is 0.182. The molecule has 0 radical (unpaired) electrons. The average Bonchev–Trinajstić information content (AvgIpc) is 3.25. The van der Waals surface area contributed by atoms with Crippen molar-refractivity contribution in [2.24, 2.45) is 0 Å². The molecule has 0 fully saturated rings. The summed E-state index contributed by atoms with van der Waals surface area (Å²) in [5, 5.41) is 20.0. The number of nitrogens with one attached hydrogen (secondary N) is 1. The Kier molecular flexibility index (Phi) is 5.21. The molecule has 2 heterocycles. The van der Waals surface area contributed by atoms with Gasteiger partial charge in [0.05, 0.1) is 5.25 Å². The topological polar surface area (TPSA) is 93.8 Å². The van der Waals surface area contributed by atoms with Crippen LogP contribution in [-0.2, 0) is 11.2 Å². The van der Waals surface area contributed by atoms with E-state index in [-0.39, 0.29) is 5.91 Å². The van der Waals surface area contributed by atoms with Gasteiger partial charge in [-0.3, -0.25) is 10.1 Å². The molecule has 0 saturated heterocycles. The molecule has 0 aliphatic carbocycles. The van der Waals surface area contributed by atoms with E-state index in [2.05, 4.69) is 25.7 Å². The van der Waals surface area contributed by atoms with Crippen molar-refractivity contribution < 1.29 is 9.21 Å². The van der Waals surface area contributed by atoms with Crippen LogP contribution in [0.3, 0.4) is 0 Å². The van der Waals surface area contributed by atoms with Gasteiger partial charge in [0.2, 0.25) is 16.9 Å². The normalized spacial score (nSPS) is 12.1. The number of carbonyl (C=O) groups is 1. The van der Waals surface area contributed by atoms with Crippen molar-refractivity contribution in [2.75, 3.05) is 5.32 Å². The number of amides is 1. The van der Waals surface area contributed by atoms with Crippen LogP contribution in [0.15, 0.2) is 40.0 Å². The van der Waals surface area contributed by atoms with E-state index in [9.17, 15) is 4.79 Å². The number of anilines is 1. The highest BCUT2D eigenvalue weighted by molar-refractivity contribution is 8.00. The van der Waals surface area contributed by atoms with Gasteiger partial charge in [0, 0.05) is 5.56 Å². The van der Waals surface area contributed by atoms with E-state index >= 15 is 0 Å². The molecule has 24 heavy (non-hydrogen) atoms. The van der Waals surface area contributed by atoms with Crippen molar-refractivity contribution >= 4 is 34.1 Å². The highest BCUT2D eigenvalue weighted by Crippen LogP contribution is 2.27. The summed E-state index contributed by atoms with van der Waals surface area (Å²) >= 11 is 2.57. The van der Waals surface area contributed by atoms with Gasteiger partial charge in [0.1, 0.15) is 5.01 Å². The van der Waals surface area contributed by atoms with Gasteiger partial charge in [0.15, 0.2) is 0 Å². The Morgan fingerprint density at radius 3 is 2.75 bits per heavy atom. The van der Waals surface area contributed by atoms with E-state index in [1.54, 1.807) is 6.92 Å². The smallest absolute Gasteiger partial charge is 0.277 e. The number of aromatic nitrogens is 4. The molecule has 1 aromatic carbocycles. The first-order valence-electron chi connectivity index (χ1n) is 7.34. The summed E-state index contributed by atoms with van der Waals surface area (Å²) < 4.78 is 5.60. The Morgan fingerprint density at radius 1 is 1.25 bits per heavy atom. The van der Waals surface area contributed by atoms with Crippen LogP contribution in [0.4, 0.5) is 5.13 Å². The van der Waals surface area contributed by atoms with E-state index in [0.29, 0.717) is 16.2 Å². The Morgan fingerprint density at radius 2 is 2.04 bits per heavy atom. The number of thioether (sulfide) groups is 1. The van der Waals surface area contributed by atoms with Crippen molar-refractivity contribution in [3.05, 3.63) is 35.3 Å². The standard InChI is InChI=1S/C15H15N5O2S2/c1-3-11-17-19-14(24-11)16-12(21)9(2)23-15-20-18-13(22-15)10-7-5-4-6-8-10/h4-9H,3H2,1-2H3,(H,16,19,21)/t9-/m0/s1.